The molecule has 0 spiro atoms. The standard InChI is InChI=1S/C17H15N3O2S/c1-3-20-14-6-12-11(5-15(14)22-8-17(20)21)10(2)4-13(19-12)16-7-18-9-23-16/h4-7,9H,3,8H2,1-2H3. The number of aryl methyl sites for hydroxylation is 1. The van der Waals surface area contributed by atoms with Crippen molar-refractivity contribution in [2.45, 2.75) is 13.8 Å². The Morgan fingerprint density at radius 1 is 1.35 bits per heavy atom. The number of fused-ring (bicyclic) bond motifs is 2. The molecule has 2 aromatic heterocycles. The highest BCUT2D eigenvalue weighted by Crippen LogP contribution is 2.37. The SMILES string of the molecule is CCN1C(=O)COc2cc3c(C)cc(-c4cncs4)nc3cc21. The molecular formula is C17H15N3O2S. The van der Waals surface area contributed by atoms with Crippen LogP contribution in [0, 0.1) is 6.92 Å². The van der Waals surface area contributed by atoms with Gasteiger partial charge in [-0.25, -0.2) is 4.98 Å². The summed E-state index contributed by atoms with van der Waals surface area (Å²) in [7, 11) is 0. The highest BCUT2D eigenvalue weighted by atomic mass is 32.1. The average molecular weight is 325 g/mol. The smallest absolute Gasteiger partial charge is 0.265 e. The van der Waals surface area contributed by atoms with E-state index in [2.05, 4.69) is 18.0 Å². The summed E-state index contributed by atoms with van der Waals surface area (Å²) < 4.78 is 5.61. The zero-order valence-electron chi connectivity index (χ0n) is 12.9. The largest absolute Gasteiger partial charge is 0.482 e. The Kier molecular flexibility index (Phi) is 3.27. The van der Waals surface area contributed by atoms with Crippen LogP contribution in [0.2, 0.25) is 0 Å². The van der Waals surface area contributed by atoms with Crippen molar-refractivity contribution in [3.8, 4) is 16.3 Å². The number of hydrogen-bond donors (Lipinski definition) is 0. The van der Waals surface area contributed by atoms with Crippen molar-refractivity contribution in [2.24, 2.45) is 0 Å². The number of carbonyl (C=O) groups is 1. The summed E-state index contributed by atoms with van der Waals surface area (Å²) in [6, 6.07) is 6.00. The molecule has 0 radical (unpaired) electrons. The first-order valence-corrected chi connectivity index (χ1v) is 8.32. The molecule has 1 aliphatic heterocycles. The fourth-order valence-electron chi connectivity index (χ4n) is 2.90. The van der Waals surface area contributed by atoms with Crippen LogP contribution >= 0.6 is 11.3 Å². The highest BCUT2D eigenvalue weighted by molar-refractivity contribution is 7.13. The second-order valence-corrected chi connectivity index (χ2v) is 6.34. The summed E-state index contributed by atoms with van der Waals surface area (Å²) in [5.74, 6) is 0.726. The fourth-order valence-corrected chi connectivity index (χ4v) is 3.49. The predicted molar refractivity (Wildman–Crippen MR) is 91.1 cm³/mol. The van der Waals surface area contributed by atoms with Gasteiger partial charge in [0.1, 0.15) is 5.75 Å². The van der Waals surface area contributed by atoms with Crippen molar-refractivity contribution in [1.29, 1.82) is 0 Å². The van der Waals surface area contributed by atoms with Gasteiger partial charge in [0.25, 0.3) is 5.91 Å². The number of hydrogen-bond acceptors (Lipinski definition) is 5. The number of carbonyl (C=O) groups excluding carboxylic acids is 1. The molecule has 1 amide bonds. The van der Waals surface area contributed by atoms with E-state index >= 15 is 0 Å². The van der Waals surface area contributed by atoms with Gasteiger partial charge in [0, 0.05) is 18.1 Å². The number of thiazole rings is 1. The number of ether oxygens (including phenoxy) is 1. The molecule has 1 aromatic carbocycles. The van der Waals surface area contributed by atoms with E-state index in [1.54, 1.807) is 21.7 Å². The first-order valence-electron chi connectivity index (χ1n) is 7.45. The second kappa shape index (κ2) is 5.31. The Morgan fingerprint density at radius 3 is 2.96 bits per heavy atom. The van der Waals surface area contributed by atoms with E-state index in [1.165, 1.54) is 0 Å². The van der Waals surface area contributed by atoms with E-state index in [9.17, 15) is 4.79 Å². The van der Waals surface area contributed by atoms with Gasteiger partial charge in [-0.05, 0) is 37.6 Å². The maximum Gasteiger partial charge on any atom is 0.265 e. The summed E-state index contributed by atoms with van der Waals surface area (Å²) in [6.45, 7) is 4.74. The molecule has 6 heteroatoms. The van der Waals surface area contributed by atoms with Gasteiger partial charge >= 0.3 is 0 Å². The quantitative estimate of drug-likeness (QED) is 0.724. The van der Waals surface area contributed by atoms with Crippen molar-refractivity contribution in [2.75, 3.05) is 18.1 Å². The van der Waals surface area contributed by atoms with E-state index in [0.717, 1.165) is 38.5 Å². The molecule has 0 fully saturated rings. The Morgan fingerprint density at radius 2 is 2.22 bits per heavy atom. The molecule has 23 heavy (non-hydrogen) atoms. The van der Waals surface area contributed by atoms with Crippen molar-refractivity contribution in [1.82, 2.24) is 9.97 Å². The monoisotopic (exact) mass is 325 g/mol. The van der Waals surface area contributed by atoms with E-state index in [4.69, 9.17) is 9.72 Å². The van der Waals surface area contributed by atoms with Crippen LogP contribution < -0.4 is 9.64 Å². The summed E-state index contributed by atoms with van der Waals surface area (Å²) in [5, 5.41) is 1.04. The molecule has 116 valence electrons. The predicted octanol–water partition coefficient (Wildman–Crippen LogP) is 3.41. The van der Waals surface area contributed by atoms with Gasteiger partial charge in [0.15, 0.2) is 6.61 Å². The number of amides is 1. The lowest BCUT2D eigenvalue weighted by atomic mass is 10.1. The molecule has 0 unspecified atom stereocenters. The third-order valence-corrected chi connectivity index (χ3v) is 4.84. The minimum absolute atomic E-state index is 0.0188. The molecule has 3 aromatic rings. The van der Waals surface area contributed by atoms with Gasteiger partial charge in [0.2, 0.25) is 0 Å². The third-order valence-electron chi connectivity index (χ3n) is 4.04. The van der Waals surface area contributed by atoms with Crippen LogP contribution in [-0.2, 0) is 4.79 Å². The number of pyridine rings is 1. The number of aromatic nitrogens is 2. The fraction of sp³-hybridized carbons (Fsp3) is 0.235. The van der Waals surface area contributed by atoms with E-state index in [0.29, 0.717) is 6.54 Å². The van der Waals surface area contributed by atoms with Crippen molar-refractivity contribution in [3.63, 3.8) is 0 Å². The summed E-state index contributed by atoms with van der Waals surface area (Å²) in [4.78, 5) is 23.7. The van der Waals surface area contributed by atoms with Crippen LogP contribution in [0.15, 0.2) is 29.9 Å². The number of rotatable bonds is 2. The first kappa shape index (κ1) is 14.1. The molecule has 0 saturated heterocycles. The number of nitrogens with zero attached hydrogens (tertiary/aromatic N) is 3. The second-order valence-electron chi connectivity index (χ2n) is 5.45. The molecule has 4 rings (SSSR count). The van der Waals surface area contributed by atoms with E-state index in [-0.39, 0.29) is 12.5 Å². The molecule has 0 aliphatic carbocycles. The molecule has 3 heterocycles. The Balaban J connectivity index is 1.94. The van der Waals surface area contributed by atoms with Crippen LogP contribution in [0.25, 0.3) is 21.5 Å². The molecule has 0 N–H and O–H groups in total. The number of likely N-dealkylation sites (N-methyl/N-ethyl adjacent to an activating group) is 1. The van der Waals surface area contributed by atoms with Gasteiger partial charge in [-0.3, -0.25) is 9.78 Å². The zero-order chi connectivity index (χ0) is 16.0. The van der Waals surface area contributed by atoms with Gasteiger partial charge in [-0.1, -0.05) is 0 Å². The van der Waals surface area contributed by atoms with Gasteiger partial charge in [-0.2, -0.15) is 0 Å². The maximum atomic E-state index is 12.0. The lowest BCUT2D eigenvalue weighted by molar-refractivity contribution is -0.121. The molecule has 0 atom stereocenters. The van der Waals surface area contributed by atoms with Gasteiger partial charge < -0.3 is 9.64 Å². The summed E-state index contributed by atoms with van der Waals surface area (Å²) in [6.07, 6.45) is 1.82. The van der Waals surface area contributed by atoms with Crippen LogP contribution in [0.1, 0.15) is 12.5 Å². The number of anilines is 1. The molecule has 5 nitrogen and oxygen atoms in total. The van der Waals surface area contributed by atoms with Crippen LogP contribution in [0.5, 0.6) is 5.75 Å². The molecule has 0 bridgehead atoms. The van der Waals surface area contributed by atoms with Crippen molar-refractivity contribution < 1.29 is 9.53 Å². The summed E-state index contributed by atoms with van der Waals surface area (Å²) >= 11 is 1.56. The van der Waals surface area contributed by atoms with E-state index in [1.807, 2.05) is 25.3 Å². The normalized spacial score (nSPS) is 14.0. The van der Waals surface area contributed by atoms with Crippen molar-refractivity contribution in [3.05, 3.63) is 35.5 Å². The average Bonchev–Trinajstić information content (AvgIpc) is 3.08. The Labute approximate surface area is 137 Å². The lowest BCUT2D eigenvalue weighted by Crippen LogP contribution is -2.38. The maximum absolute atomic E-state index is 12.0. The van der Waals surface area contributed by atoms with E-state index < -0.39 is 0 Å². The van der Waals surface area contributed by atoms with Gasteiger partial charge in [0.05, 0.1) is 27.3 Å². The lowest BCUT2D eigenvalue weighted by Gasteiger charge is -2.28. The Hall–Kier alpha value is -2.47. The van der Waals surface area contributed by atoms with Crippen molar-refractivity contribution >= 4 is 33.8 Å². The van der Waals surface area contributed by atoms with Crippen LogP contribution in [-0.4, -0.2) is 29.0 Å². The topological polar surface area (TPSA) is 55.3 Å². The first-order chi connectivity index (χ1) is 11.2. The highest BCUT2D eigenvalue weighted by Gasteiger charge is 2.25. The molecular weight excluding hydrogens is 310 g/mol. The minimum atomic E-state index is -0.0188. The number of benzene rings is 1. The Bertz CT molecular complexity index is 906. The molecule has 0 saturated carbocycles. The van der Waals surface area contributed by atoms with Gasteiger partial charge in [-0.15, -0.1) is 11.3 Å². The van der Waals surface area contributed by atoms with Crippen LogP contribution in [0.4, 0.5) is 5.69 Å². The summed E-state index contributed by atoms with van der Waals surface area (Å²) in [5.41, 5.74) is 5.50. The zero-order valence-corrected chi connectivity index (χ0v) is 13.7. The molecule has 1 aliphatic rings. The third kappa shape index (κ3) is 2.26. The minimum Gasteiger partial charge on any atom is -0.482 e. The van der Waals surface area contributed by atoms with Crippen LogP contribution in [0.3, 0.4) is 0 Å².